The molecule has 0 aliphatic carbocycles. The van der Waals surface area contributed by atoms with Crippen molar-refractivity contribution in [2.24, 2.45) is 0 Å². The highest BCUT2D eigenvalue weighted by molar-refractivity contribution is 5.70. The van der Waals surface area contributed by atoms with E-state index in [1.54, 1.807) is 0 Å². The van der Waals surface area contributed by atoms with Crippen molar-refractivity contribution in [2.75, 3.05) is 27.7 Å². The van der Waals surface area contributed by atoms with E-state index in [0.717, 1.165) is 6.42 Å². The van der Waals surface area contributed by atoms with Crippen molar-refractivity contribution in [1.29, 1.82) is 0 Å². The van der Waals surface area contributed by atoms with Crippen LogP contribution in [0.15, 0.2) is 0 Å². The topological polar surface area (TPSA) is 107 Å². The first kappa shape index (κ1) is 20.4. The van der Waals surface area contributed by atoms with Gasteiger partial charge in [0.2, 0.25) is 0 Å². The van der Waals surface area contributed by atoms with Gasteiger partial charge in [-0.25, -0.2) is 0 Å². The Kier molecular flexibility index (Phi) is 9.40. The molecule has 0 aliphatic heterocycles. The summed E-state index contributed by atoms with van der Waals surface area (Å²) in [5.41, 5.74) is 0. The van der Waals surface area contributed by atoms with E-state index in [0.29, 0.717) is 30.3 Å². The van der Waals surface area contributed by atoms with Gasteiger partial charge in [0.25, 0.3) is 0 Å². The fourth-order valence-corrected chi connectivity index (χ4v) is 2.08. The lowest BCUT2D eigenvalue weighted by Crippen LogP contribution is -2.45. The number of unbranched alkanes of at least 4 members (excludes halogenated alkanes) is 3. The lowest BCUT2D eigenvalue weighted by Gasteiger charge is -2.29. The SMILES string of the molecule is C[N+](C)(C)CC(CC(=O)[O-])OC(=O)CCCCCCC(=O)[O-]. The molecule has 0 N–H and O–H groups in total. The minimum Gasteiger partial charge on any atom is -0.550 e. The van der Waals surface area contributed by atoms with E-state index in [1.165, 1.54) is 0 Å². The Labute approximate surface area is 131 Å². The molecule has 1 atom stereocenters. The number of carbonyl (C=O) groups excluding carboxylic acids is 3. The minimum atomic E-state index is -1.24. The molecular weight excluding hydrogens is 290 g/mol. The molecule has 1 unspecified atom stereocenters. The third kappa shape index (κ3) is 13.4. The van der Waals surface area contributed by atoms with Crippen LogP contribution in [0.4, 0.5) is 0 Å². The molecule has 22 heavy (non-hydrogen) atoms. The number of esters is 1. The Morgan fingerprint density at radius 2 is 1.45 bits per heavy atom. The van der Waals surface area contributed by atoms with Crippen molar-refractivity contribution < 1.29 is 33.8 Å². The van der Waals surface area contributed by atoms with Crippen molar-refractivity contribution in [3.8, 4) is 0 Å². The van der Waals surface area contributed by atoms with Gasteiger partial charge in [-0.1, -0.05) is 12.8 Å². The number of carboxylic acids is 2. The summed E-state index contributed by atoms with van der Waals surface area (Å²) < 4.78 is 5.68. The average Bonchev–Trinajstić information content (AvgIpc) is 2.29. The largest absolute Gasteiger partial charge is 0.550 e. The van der Waals surface area contributed by atoms with E-state index in [-0.39, 0.29) is 19.3 Å². The summed E-state index contributed by atoms with van der Waals surface area (Å²) in [5.74, 6) is -2.74. The van der Waals surface area contributed by atoms with Gasteiger partial charge in [-0.2, -0.15) is 0 Å². The van der Waals surface area contributed by atoms with E-state index < -0.39 is 24.0 Å². The molecule has 7 heteroatoms. The van der Waals surface area contributed by atoms with Gasteiger partial charge in [-0.3, -0.25) is 4.79 Å². The van der Waals surface area contributed by atoms with Crippen LogP contribution in [-0.4, -0.2) is 56.2 Å². The molecule has 0 saturated heterocycles. The number of hydrogen-bond acceptors (Lipinski definition) is 6. The third-order valence-corrected chi connectivity index (χ3v) is 2.96. The van der Waals surface area contributed by atoms with Crippen LogP contribution in [-0.2, 0) is 19.1 Å². The van der Waals surface area contributed by atoms with Gasteiger partial charge < -0.3 is 29.0 Å². The summed E-state index contributed by atoms with van der Waals surface area (Å²) in [6.07, 6.45) is 1.78. The van der Waals surface area contributed by atoms with Crippen LogP contribution in [0.2, 0.25) is 0 Å². The second kappa shape index (κ2) is 10.2. The first-order valence-electron chi connectivity index (χ1n) is 7.50. The Morgan fingerprint density at radius 1 is 0.909 bits per heavy atom. The molecule has 0 radical (unpaired) electrons. The summed E-state index contributed by atoms with van der Waals surface area (Å²) >= 11 is 0. The molecule has 0 fully saturated rings. The quantitative estimate of drug-likeness (QED) is 0.255. The number of rotatable bonds is 12. The maximum Gasteiger partial charge on any atom is 0.306 e. The molecule has 0 bridgehead atoms. The fraction of sp³-hybridized carbons (Fsp3) is 0.800. The maximum absolute atomic E-state index is 11.7. The van der Waals surface area contributed by atoms with E-state index >= 15 is 0 Å². The summed E-state index contributed by atoms with van der Waals surface area (Å²) in [5, 5.41) is 20.9. The molecular formula is C15H26NO6-. The number of quaternary nitrogens is 1. The molecule has 0 aromatic heterocycles. The molecule has 0 saturated carbocycles. The van der Waals surface area contributed by atoms with E-state index in [2.05, 4.69) is 0 Å². The number of carboxylic acid groups (broad SMARTS) is 2. The monoisotopic (exact) mass is 316 g/mol. The van der Waals surface area contributed by atoms with Crippen molar-refractivity contribution in [3.63, 3.8) is 0 Å². The zero-order valence-electron chi connectivity index (χ0n) is 13.6. The molecule has 128 valence electrons. The van der Waals surface area contributed by atoms with Crippen molar-refractivity contribution in [3.05, 3.63) is 0 Å². The standard InChI is InChI=1S/C15H27NO6/c1-16(2,3)11-12(10-14(19)20)22-15(21)9-7-5-4-6-8-13(17)18/h12H,4-11H2,1-3H3,(H-,17,18,19,20)/p-1. The van der Waals surface area contributed by atoms with Crippen molar-refractivity contribution in [2.45, 2.75) is 51.0 Å². The lowest BCUT2D eigenvalue weighted by molar-refractivity contribution is -0.873. The zero-order valence-corrected chi connectivity index (χ0v) is 13.6. The molecule has 0 amide bonds. The van der Waals surface area contributed by atoms with Crippen molar-refractivity contribution >= 4 is 17.9 Å². The minimum absolute atomic E-state index is 0.0294. The predicted octanol–water partition coefficient (Wildman–Crippen LogP) is -1.17. The van der Waals surface area contributed by atoms with Crippen LogP contribution >= 0.6 is 0 Å². The van der Waals surface area contributed by atoms with Gasteiger partial charge in [-0.15, -0.1) is 0 Å². The first-order valence-corrected chi connectivity index (χ1v) is 7.50. The van der Waals surface area contributed by atoms with Gasteiger partial charge >= 0.3 is 5.97 Å². The van der Waals surface area contributed by atoms with Gasteiger partial charge in [0.15, 0.2) is 6.10 Å². The third-order valence-electron chi connectivity index (χ3n) is 2.96. The number of carbonyl (C=O) groups is 3. The normalized spacial score (nSPS) is 12.7. The summed E-state index contributed by atoms with van der Waals surface area (Å²) in [6, 6.07) is 0. The predicted molar refractivity (Wildman–Crippen MR) is 75.1 cm³/mol. The van der Waals surface area contributed by atoms with E-state index in [9.17, 15) is 24.6 Å². The van der Waals surface area contributed by atoms with Gasteiger partial charge in [0.05, 0.1) is 21.1 Å². The van der Waals surface area contributed by atoms with Crippen molar-refractivity contribution in [1.82, 2.24) is 0 Å². The lowest BCUT2D eigenvalue weighted by atomic mass is 10.1. The van der Waals surface area contributed by atoms with Crippen LogP contribution < -0.4 is 10.2 Å². The maximum atomic E-state index is 11.7. The molecule has 7 nitrogen and oxygen atoms in total. The number of ether oxygens (including phenoxy) is 1. The van der Waals surface area contributed by atoms with Crippen LogP contribution in [0.25, 0.3) is 0 Å². The van der Waals surface area contributed by atoms with Crippen LogP contribution in [0.1, 0.15) is 44.9 Å². The Morgan fingerprint density at radius 3 is 1.91 bits per heavy atom. The van der Waals surface area contributed by atoms with Crippen LogP contribution in [0, 0.1) is 0 Å². The van der Waals surface area contributed by atoms with Gasteiger partial charge in [0, 0.05) is 24.8 Å². The molecule has 0 heterocycles. The van der Waals surface area contributed by atoms with Gasteiger partial charge in [-0.05, 0) is 19.3 Å². The number of hydrogen-bond donors (Lipinski definition) is 0. The Bertz CT molecular complexity index is 375. The van der Waals surface area contributed by atoms with E-state index in [4.69, 9.17) is 4.74 Å². The summed E-state index contributed by atoms with van der Waals surface area (Å²) in [6.45, 7) is 0.394. The number of nitrogens with zero attached hydrogens (tertiary/aromatic N) is 1. The number of aliphatic carboxylic acids is 2. The summed E-state index contributed by atoms with van der Waals surface area (Å²) in [4.78, 5) is 32.6. The highest BCUT2D eigenvalue weighted by Gasteiger charge is 2.22. The second-order valence-corrected chi connectivity index (χ2v) is 6.45. The zero-order chi connectivity index (χ0) is 17.2. The Hall–Kier alpha value is -1.63. The first-order chi connectivity index (χ1) is 10.1. The summed E-state index contributed by atoms with van der Waals surface area (Å²) in [7, 11) is 5.65. The van der Waals surface area contributed by atoms with E-state index in [1.807, 2.05) is 21.1 Å². The number of likely N-dealkylation sites (N-methyl/N-ethyl adjacent to an activating group) is 1. The highest BCUT2D eigenvalue weighted by atomic mass is 16.5. The fourth-order valence-electron chi connectivity index (χ4n) is 2.08. The molecule has 0 aromatic rings. The molecule has 0 aromatic carbocycles. The van der Waals surface area contributed by atoms with Gasteiger partial charge in [0.1, 0.15) is 6.54 Å². The molecule has 0 aliphatic rings. The average molecular weight is 316 g/mol. The van der Waals surface area contributed by atoms with Crippen LogP contribution in [0.3, 0.4) is 0 Å². The molecule has 0 spiro atoms. The van der Waals surface area contributed by atoms with Crippen LogP contribution in [0.5, 0.6) is 0 Å². The smallest absolute Gasteiger partial charge is 0.306 e. The second-order valence-electron chi connectivity index (χ2n) is 6.45. The molecule has 0 rings (SSSR count). The highest BCUT2D eigenvalue weighted by Crippen LogP contribution is 2.09. The Balaban J connectivity index is 4.01.